The van der Waals surface area contributed by atoms with E-state index in [1.165, 1.54) is 4.80 Å². The number of amides is 2. The summed E-state index contributed by atoms with van der Waals surface area (Å²) >= 11 is 0. The van der Waals surface area contributed by atoms with E-state index in [4.69, 9.17) is 0 Å². The Hall–Kier alpha value is -3.55. The Labute approximate surface area is 143 Å². The SMILES string of the molecule is CNC(=O)c1ccc(NC(=O)Cn2nnc(-c3ccccc3)n2)cc1. The van der Waals surface area contributed by atoms with Crippen LogP contribution in [0, 0.1) is 0 Å². The first-order chi connectivity index (χ1) is 12.2. The van der Waals surface area contributed by atoms with Crippen LogP contribution >= 0.6 is 0 Å². The lowest BCUT2D eigenvalue weighted by Crippen LogP contribution is -2.21. The highest BCUT2D eigenvalue weighted by Crippen LogP contribution is 2.12. The average molecular weight is 336 g/mol. The van der Waals surface area contributed by atoms with Crippen LogP contribution in [0.5, 0.6) is 0 Å². The molecular weight excluding hydrogens is 320 g/mol. The van der Waals surface area contributed by atoms with Crippen molar-refractivity contribution >= 4 is 17.5 Å². The molecule has 0 saturated carbocycles. The van der Waals surface area contributed by atoms with Gasteiger partial charge in [0.25, 0.3) is 5.91 Å². The molecule has 0 atom stereocenters. The molecule has 0 spiro atoms. The lowest BCUT2D eigenvalue weighted by molar-refractivity contribution is -0.117. The molecule has 1 aromatic heterocycles. The number of hydrogen-bond donors (Lipinski definition) is 2. The van der Waals surface area contributed by atoms with Crippen molar-refractivity contribution in [3.8, 4) is 11.4 Å². The molecule has 0 aliphatic rings. The summed E-state index contributed by atoms with van der Waals surface area (Å²) in [6.07, 6.45) is 0. The van der Waals surface area contributed by atoms with Crippen LogP contribution in [0.4, 0.5) is 5.69 Å². The molecule has 3 rings (SSSR count). The minimum Gasteiger partial charge on any atom is -0.355 e. The van der Waals surface area contributed by atoms with Gasteiger partial charge in [-0.2, -0.15) is 4.80 Å². The lowest BCUT2D eigenvalue weighted by Gasteiger charge is -2.05. The molecule has 0 unspecified atom stereocenters. The third-order valence-electron chi connectivity index (χ3n) is 3.43. The van der Waals surface area contributed by atoms with Crippen molar-refractivity contribution in [2.75, 3.05) is 12.4 Å². The zero-order valence-corrected chi connectivity index (χ0v) is 13.5. The molecular formula is C17H16N6O2. The number of carbonyl (C=O) groups is 2. The van der Waals surface area contributed by atoms with E-state index in [9.17, 15) is 9.59 Å². The van der Waals surface area contributed by atoms with Crippen molar-refractivity contribution in [3.05, 3.63) is 60.2 Å². The number of carbonyl (C=O) groups excluding carboxylic acids is 2. The minimum atomic E-state index is -0.287. The number of nitrogens with one attached hydrogen (secondary N) is 2. The Morgan fingerprint density at radius 2 is 1.76 bits per heavy atom. The normalized spacial score (nSPS) is 10.3. The van der Waals surface area contributed by atoms with Crippen LogP contribution in [0.3, 0.4) is 0 Å². The second-order valence-electron chi connectivity index (χ2n) is 5.21. The van der Waals surface area contributed by atoms with E-state index in [2.05, 4.69) is 26.0 Å². The molecule has 126 valence electrons. The van der Waals surface area contributed by atoms with Gasteiger partial charge in [0.2, 0.25) is 11.7 Å². The smallest absolute Gasteiger partial charge is 0.251 e. The van der Waals surface area contributed by atoms with E-state index in [1.54, 1.807) is 31.3 Å². The maximum absolute atomic E-state index is 12.1. The fourth-order valence-corrected chi connectivity index (χ4v) is 2.19. The monoisotopic (exact) mass is 336 g/mol. The molecule has 0 aliphatic carbocycles. The predicted molar refractivity (Wildman–Crippen MR) is 91.7 cm³/mol. The third kappa shape index (κ3) is 4.05. The third-order valence-corrected chi connectivity index (χ3v) is 3.43. The highest BCUT2D eigenvalue weighted by atomic mass is 16.2. The molecule has 2 aromatic carbocycles. The average Bonchev–Trinajstić information content (AvgIpc) is 3.10. The molecule has 3 aromatic rings. The van der Waals surface area contributed by atoms with Gasteiger partial charge in [0.05, 0.1) is 0 Å². The fourth-order valence-electron chi connectivity index (χ4n) is 2.19. The highest BCUT2D eigenvalue weighted by molar-refractivity contribution is 5.95. The molecule has 25 heavy (non-hydrogen) atoms. The molecule has 8 heteroatoms. The number of benzene rings is 2. The van der Waals surface area contributed by atoms with Gasteiger partial charge < -0.3 is 10.6 Å². The maximum Gasteiger partial charge on any atom is 0.251 e. The summed E-state index contributed by atoms with van der Waals surface area (Å²) < 4.78 is 0. The van der Waals surface area contributed by atoms with Crippen LogP contribution in [0.15, 0.2) is 54.6 Å². The van der Waals surface area contributed by atoms with E-state index in [0.717, 1.165) is 5.56 Å². The zero-order chi connectivity index (χ0) is 17.6. The Kier molecular flexibility index (Phi) is 4.79. The van der Waals surface area contributed by atoms with Gasteiger partial charge in [-0.3, -0.25) is 9.59 Å². The molecule has 0 saturated heterocycles. The summed E-state index contributed by atoms with van der Waals surface area (Å²) in [6, 6.07) is 16.0. The molecule has 0 fully saturated rings. The predicted octanol–water partition coefficient (Wildman–Crippen LogP) is 1.34. The summed E-state index contributed by atoms with van der Waals surface area (Å²) in [6.45, 7) is -0.0585. The number of rotatable bonds is 5. The summed E-state index contributed by atoms with van der Waals surface area (Å²) in [4.78, 5) is 24.8. The van der Waals surface area contributed by atoms with E-state index in [-0.39, 0.29) is 18.4 Å². The molecule has 0 aliphatic heterocycles. The fraction of sp³-hybridized carbons (Fsp3) is 0.118. The largest absolute Gasteiger partial charge is 0.355 e. The van der Waals surface area contributed by atoms with Crippen LogP contribution in [0.1, 0.15) is 10.4 Å². The van der Waals surface area contributed by atoms with E-state index < -0.39 is 0 Å². The first-order valence-corrected chi connectivity index (χ1v) is 7.61. The van der Waals surface area contributed by atoms with Crippen molar-refractivity contribution in [1.29, 1.82) is 0 Å². The molecule has 0 radical (unpaired) electrons. The van der Waals surface area contributed by atoms with Crippen LogP contribution in [-0.4, -0.2) is 39.1 Å². The Balaban J connectivity index is 1.61. The van der Waals surface area contributed by atoms with E-state index in [1.807, 2.05) is 30.3 Å². The number of hydrogen-bond acceptors (Lipinski definition) is 5. The summed E-state index contributed by atoms with van der Waals surface area (Å²) in [7, 11) is 1.56. The molecule has 1 heterocycles. The van der Waals surface area contributed by atoms with Gasteiger partial charge in [-0.1, -0.05) is 30.3 Å². The van der Waals surface area contributed by atoms with Gasteiger partial charge in [-0.15, -0.1) is 10.2 Å². The van der Waals surface area contributed by atoms with Crippen molar-refractivity contribution in [1.82, 2.24) is 25.5 Å². The quantitative estimate of drug-likeness (QED) is 0.732. The Bertz CT molecular complexity index is 874. The lowest BCUT2D eigenvalue weighted by atomic mass is 10.2. The van der Waals surface area contributed by atoms with Gasteiger partial charge in [-0.25, -0.2) is 0 Å². The van der Waals surface area contributed by atoms with Gasteiger partial charge in [0, 0.05) is 23.9 Å². The molecule has 0 bridgehead atoms. The van der Waals surface area contributed by atoms with Crippen LogP contribution in [-0.2, 0) is 11.3 Å². The van der Waals surface area contributed by atoms with Gasteiger partial charge >= 0.3 is 0 Å². The molecule has 2 N–H and O–H groups in total. The van der Waals surface area contributed by atoms with Gasteiger partial charge in [0.15, 0.2) is 0 Å². The topological polar surface area (TPSA) is 102 Å². The first kappa shape index (κ1) is 16.3. The number of nitrogens with zero attached hydrogens (tertiary/aromatic N) is 4. The van der Waals surface area contributed by atoms with E-state index in [0.29, 0.717) is 17.1 Å². The second kappa shape index (κ2) is 7.35. The van der Waals surface area contributed by atoms with Gasteiger partial charge in [0.1, 0.15) is 6.54 Å². The Morgan fingerprint density at radius 3 is 2.44 bits per heavy atom. The maximum atomic E-state index is 12.1. The van der Waals surface area contributed by atoms with Crippen molar-refractivity contribution in [2.24, 2.45) is 0 Å². The second-order valence-corrected chi connectivity index (χ2v) is 5.21. The number of aromatic nitrogens is 4. The zero-order valence-electron chi connectivity index (χ0n) is 13.5. The van der Waals surface area contributed by atoms with Crippen LogP contribution < -0.4 is 10.6 Å². The van der Waals surface area contributed by atoms with Crippen LogP contribution in [0.25, 0.3) is 11.4 Å². The number of tetrazole rings is 1. The minimum absolute atomic E-state index is 0.0585. The first-order valence-electron chi connectivity index (χ1n) is 7.61. The standard InChI is InChI=1S/C17H16N6O2/c1-18-17(25)13-7-9-14(10-8-13)19-15(24)11-23-21-16(20-22-23)12-5-3-2-4-6-12/h2-10H,11H2,1H3,(H,18,25)(H,19,24). The van der Waals surface area contributed by atoms with Crippen molar-refractivity contribution in [3.63, 3.8) is 0 Å². The van der Waals surface area contributed by atoms with E-state index >= 15 is 0 Å². The summed E-state index contributed by atoms with van der Waals surface area (Å²) in [5, 5.41) is 17.3. The van der Waals surface area contributed by atoms with Crippen LogP contribution in [0.2, 0.25) is 0 Å². The summed E-state index contributed by atoms with van der Waals surface area (Å²) in [5.41, 5.74) is 1.94. The Morgan fingerprint density at radius 1 is 1.04 bits per heavy atom. The van der Waals surface area contributed by atoms with Crippen molar-refractivity contribution < 1.29 is 9.59 Å². The highest BCUT2D eigenvalue weighted by Gasteiger charge is 2.10. The number of anilines is 1. The summed E-state index contributed by atoms with van der Waals surface area (Å²) in [5.74, 6) is -0.00818. The van der Waals surface area contributed by atoms with Crippen molar-refractivity contribution in [2.45, 2.75) is 6.54 Å². The molecule has 2 amide bonds. The molecule has 8 nitrogen and oxygen atoms in total. The van der Waals surface area contributed by atoms with Gasteiger partial charge in [-0.05, 0) is 29.5 Å².